The van der Waals surface area contributed by atoms with Gasteiger partial charge in [-0.25, -0.2) is 0 Å². The van der Waals surface area contributed by atoms with Crippen LogP contribution >= 0.6 is 0 Å². The van der Waals surface area contributed by atoms with Gasteiger partial charge in [0.05, 0.1) is 12.6 Å². The molecule has 1 heterocycles. The highest BCUT2D eigenvalue weighted by Crippen LogP contribution is 2.00. The van der Waals surface area contributed by atoms with Crippen LogP contribution in [0.2, 0.25) is 0 Å². The predicted octanol–water partition coefficient (Wildman–Crippen LogP) is -0.0367. The molecule has 1 aliphatic heterocycles. The molecule has 4 heteroatoms. The van der Waals surface area contributed by atoms with Gasteiger partial charge in [-0.1, -0.05) is 13.8 Å². The number of rotatable bonds is 2. The van der Waals surface area contributed by atoms with Gasteiger partial charge in [-0.2, -0.15) is 0 Å². The standard InChI is InChI=1S/C7H14N2O2/c1-6(2)7(10)11-9-4-3-8-5-9/h6,8H,3-5H2,1-2H3. The van der Waals surface area contributed by atoms with E-state index < -0.39 is 0 Å². The maximum absolute atomic E-state index is 11.0. The Balaban J connectivity index is 2.24. The van der Waals surface area contributed by atoms with Crippen molar-refractivity contribution >= 4 is 5.97 Å². The van der Waals surface area contributed by atoms with E-state index in [1.165, 1.54) is 0 Å². The molecule has 64 valence electrons. The summed E-state index contributed by atoms with van der Waals surface area (Å²) in [5.74, 6) is -0.204. The summed E-state index contributed by atoms with van der Waals surface area (Å²) >= 11 is 0. The first kappa shape index (κ1) is 8.49. The largest absolute Gasteiger partial charge is 0.366 e. The molecule has 0 aromatic carbocycles. The first-order valence-corrected chi connectivity index (χ1v) is 3.87. The van der Waals surface area contributed by atoms with Crippen LogP contribution in [-0.4, -0.2) is 30.8 Å². The molecule has 0 aromatic heterocycles. The van der Waals surface area contributed by atoms with Crippen molar-refractivity contribution in [2.24, 2.45) is 5.92 Å². The van der Waals surface area contributed by atoms with E-state index in [1.807, 2.05) is 13.8 Å². The van der Waals surface area contributed by atoms with Crippen LogP contribution in [0.5, 0.6) is 0 Å². The second-order valence-corrected chi connectivity index (χ2v) is 2.93. The lowest BCUT2D eigenvalue weighted by atomic mass is 10.2. The zero-order chi connectivity index (χ0) is 8.27. The Morgan fingerprint density at radius 3 is 2.82 bits per heavy atom. The molecule has 1 fully saturated rings. The van der Waals surface area contributed by atoms with Crippen LogP contribution in [0.4, 0.5) is 0 Å². The first-order valence-electron chi connectivity index (χ1n) is 3.87. The van der Waals surface area contributed by atoms with E-state index in [2.05, 4.69) is 5.32 Å². The number of carbonyl (C=O) groups is 1. The molecular weight excluding hydrogens is 144 g/mol. The maximum Gasteiger partial charge on any atom is 0.327 e. The smallest absolute Gasteiger partial charge is 0.327 e. The Morgan fingerprint density at radius 2 is 2.36 bits per heavy atom. The fourth-order valence-corrected chi connectivity index (χ4v) is 0.797. The zero-order valence-corrected chi connectivity index (χ0v) is 6.96. The minimum absolute atomic E-state index is 0.0457. The van der Waals surface area contributed by atoms with E-state index in [0.29, 0.717) is 6.67 Å². The number of hydrogen-bond acceptors (Lipinski definition) is 4. The van der Waals surface area contributed by atoms with Crippen LogP contribution in [-0.2, 0) is 9.63 Å². The van der Waals surface area contributed by atoms with Gasteiger partial charge in [-0.05, 0) is 0 Å². The molecule has 1 rings (SSSR count). The third-order valence-electron chi connectivity index (χ3n) is 1.52. The Kier molecular flexibility index (Phi) is 2.84. The molecule has 11 heavy (non-hydrogen) atoms. The van der Waals surface area contributed by atoms with E-state index in [0.717, 1.165) is 13.1 Å². The van der Waals surface area contributed by atoms with E-state index in [-0.39, 0.29) is 11.9 Å². The van der Waals surface area contributed by atoms with E-state index in [9.17, 15) is 4.79 Å². The molecule has 0 unspecified atom stereocenters. The summed E-state index contributed by atoms with van der Waals surface area (Å²) in [6.07, 6.45) is 0. The summed E-state index contributed by atoms with van der Waals surface area (Å²) in [4.78, 5) is 16.0. The monoisotopic (exact) mass is 158 g/mol. The van der Waals surface area contributed by atoms with Crippen LogP contribution in [0, 0.1) is 5.92 Å². The van der Waals surface area contributed by atoms with Gasteiger partial charge in [0.25, 0.3) is 0 Å². The number of nitrogens with zero attached hydrogens (tertiary/aromatic N) is 1. The van der Waals surface area contributed by atoms with Crippen molar-refractivity contribution in [3.8, 4) is 0 Å². The van der Waals surface area contributed by atoms with Gasteiger partial charge in [0.1, 0.15) is 0 Å². The highest BCUT2D eigenvalue weighted by molar-refractivity contribution is 5.71. The average Bonchev–Trinajstić information content (AvgIpc) is 2.39. The molecule has 1 N–H and O–H groups in total. The van der Waals surface area contributed by atoms with Crippen molar-refractivity contribution in [2.45, 2.75) is 13.8 Å². The lowest BCUT2D eigenvalue weighted by Crippen LogP contribution is -2.28. The number of hydrogen-bond donors (Lipinski definition) is 1. The molecule has 0 spiro atoms. The van der Waals surface area contributed by atoms with Crippen LogP contribution in [0.25, 0.3) is 0 Å². The maximum atomic E-state index is 11.0. The minimum atomic E-state index is -0.159. The fourth-order valence-electron chi connectivity index (χ4n) is 0.797. The SMILES string of the molecule is CC(C)C(=O)ON1CCNC1. The molecule has 0 saturated carbocycles. The summed E-state index contributed by atoms with van der Waals surface area (Å²) in [6, 6.07) is 0. The van der Waals surface area contributed by atoms with Crippen molar-refractivity contribution in [2.75, 3.05) is 19.8 Å². The van der Waals surface area contributed by atoms with Crippen LogP contribution in [0.1, 0.15) is 13.8 Å². The second kappa shape index (κ2) is 3.69. The Labute approximate surface area is 66.5 Å². The number of carbonyl (C=O) groups excluding carboxylic acids is 1. The van der Waals surface area contributed by atoms with Crippen molar-refractivity contribution in [3.05, 3.63) is 0 Å². The van der Waals surface area contributed by atoms with Crippen LogP contribution in [0.3, 0.4) is 0 Å². The van der Waals surface area contributed by atoms with Crippen molar-refractivity contribution in [1.82, 2.24) is 10.4 Å². The Bertz CT molecular complexity index is 141. The van der Waals surface area contributed by atoms with Gasteiger partial charge in [0.2, 0.25) is 0 Å². The molecule has 0 aromatic rings. The summed E-state index contributed by atoms with van der Waals surface area (Å²) in [5, 5.41) is 4.71. The third-order valence-corrected chi connectivity index (χ3v) is 1.52. The predicted molar refractivity (Wildman–Crippen MR) is 40.5 cm³/mol. The molecule has 4 nitrogen and oxygen atoms in total. The molecule has 0 aliphatic carbocycles. The van der Waals surface area contributed by atoms with Gasteiger partial charge in [-0.3, -0.25) is 4.79 Å². The van der Waals surface area contributed by atoms with E-state index in [1.54, 1.807) is 5.06 Å². The van der Waals surface area contributed by atoms with Gasteiger partial charge >= 0.3 is 5.97 Å². The Morgan fingerprint density at radius 1 is 1.64 bits per heavy atom. The Hall–Kier alpha value is -0.610. The molecule has 1 aliphatic rings. The molecule has 0 bridgehead atoms. The van der Waals surface area contributed by atoms with Crippen molar-refractivity contribution in [1.29, 1.82) is 0 Å². The number of nitrogens with one attached hydrogen (secondary N) is 1. The van der Waals surface area contributed by atoms with Gasteiger partial charge in [-0.15, -0.1) is 5.06 Å². The lowest BCUT2D eigenvalue weighted by Gasteiger charge is -2.14. The fraction of sp³-hybridized carbons (Fsp3) is 0.857. The minimum Gasteiger partial charge on any atom is -0.366 e. The van der Waals surface area contributed by atoms with Crippen LogP contribution < -0.4 is 5.32 Å². The summed E-state index contributed by atoms with van der Waals surface area (Å²) in [7, 11) is 0. The van der Waals surface area contributed by atoms with E-state index >= 15 is 0 Å². The van der Waals surface area contributed by atoms with Gasteiger partial charge in [0.15, 0.2) is 0 Å². The van der Waals surface area contributed by atoms with Gasteiger partial charge < -0.3 is 10.2 Å². The summed E-state index contributed by atoms with van der Waals surface area (Å²) < 4.78 is 0. The molecule has 1 saturated heterocycles. The van der Waals surface area contributed by atoms with Crippen molar-refractivity contribution in [3.63, 3.8) is 0 Å². The second-order valence-electron chi connectivity index (χ2n) is 2.93. The average molecular weight is 158 g/mol. The highest BCUT2D eigenvalue weighted by atomic mass is 16.7. The van der Waals surface area contributed by atoms with Crippen LogP contribution in [0.15, 0.2) is 0 Å². The third kappa shape index (κ3) is 2.48. The molecule has 0 amide bonds. The lowest BCUT2D eigenvalue weighted by molar-refractivity contribution is -0.189. The van der Waals surface area contributed by atoms with Gasteiger partial charge in [0, 0.05) is 13.1 Å². The highest BCUT2D eigenvalue weighted by Gasteiger charge is 2.17. The zero-order valence-electron chi connectivity index (χ0n) is 6.96. The molecule has 0 radical (unpaired) electrons. The topological polar surface area (TPSA) is 41.6 Å². The normalized spacial score (nSPS) is 19.2. The summed E-state index contributed by atoms with van der Waals surface area (Å²) in [6.45, 7) is 5.99. The quantitative estimate of drug-likeness (QED) is 0.612. The molecular formula is C7H14N2O2. The van der Waals surface area contributed by atoms with E-state index in [4.69, 9.17) is 4.84 Å². The molecule has 0 atom stereocenters. The first-order chi connectivity index (χ1) is 5.20. The van der Waals surface area contributed by atoms with Crippen molar-refractivity contribution < 1.29 is 9.63 Å². The number of hydroxylamine groups is 2. The summed E-state index contributed by atoms with van der Waals surface area (Å²) in [5.41, 5.74) is 0.